The van der Waals surface area contributed by atoms with Gasteiger partial charge >= 0.3 is 0 Å². The molecule has 2 rings (SSSR count). The van der Waals surface area contributed by atoms with Gasteiger partial charge in [-0.05, 0) is 11.8 Å². The van der Waals surface area contributed by atoms with Crippen molar-refractivity contribution in [1.29, 1.82) is 0 Å². The van der Waals surface area contributed by atoms with E-state index in [0.717, 1.165) is 13.0 Å². The molecule has 2 N–H and O–H groups in total. The van der Waals surface area contributed by atoms with E-state index in [-0.39, 0.29) is 29.3 Å². The smallest absolute Gasteiger partial charge is 0.246 e. The van der Waals surface area contributed by atoms with Gasteiger partial charge in [-0.2, -0.15) is 0 Å². The van der Waals surface area contributed by atoms with E-state index in [4.69, 9.17) is 5.73 Å². The van der Waals surface area contributed by atoms with E-state index in [1.807, 2.05) is 25.7 Å². The number of nitrogens with zero attached hydrogens (tertiary/aromatic N) is 2. The van der Waals surface area contributed by atoms with Crippen LogP contribution in [0.4, 0.5) is 0 Å². The van der Waals surface area contributed by atoms with Crippen molar-refractivity contribution < 1.29 is 9.59 Å². The number of carbonyl (C=O) groups is 2. The maximum Gasteiger partial charge on any atom is 0.246 e. The molecule has 2 amide bonds. The molecule has 2 atom stereocenters. The average Bonchev–Trinajstić information content (AvgIpc) is 2.93. The molecule has 0 saturated carbocycles. The highest BCUT2D eigenvalue weighted by Gasteiger charge is 2.39. The van der Waals surface area contributed by atoms with E-state index in [0.29, 0.717) is 24.6 Å². The summed E-state index contributed by atoms with van der Waals surface area (Å²) in [6.45, 7) is 7.49. The van der Waals surface area contributed by atoms with Gasteiger partial charge in [0.1, 0.15) is 6.04 Å². The Morgan fingerprint density at radius 1 is 1.35 bits per heavy atom. The summed E-state index contributed by atoms with van der Waals surface area (Å²) in [6, 6.07) is -0.202. The topological polar surface area (TPSA) is 66.6 Å². The van der Waals surface area contributed by atoms with Gasteiger partial charge in [0.15, 0.2) is 0 Å². The van der Waals surface area contributed by atoms with Crippen LogP contribution in [0.3, 0.4) is 0 Å². The summed E-state index contributed by atoms with van der Waals surface area (Å²) in [7, 11) is 0. The fraction of sp³-hybridized carbons (Fsp3) is 0.857. The molecule has 0 bridgehead atoms. The fourth-order valence-electron chi connectivity index (χ4n) is 2.65. The normalized spacial score (nSPS) is 27.2. The van der Waals surface area contributed by atoms with Crippen molar-refractivity contribution in [2.24, 2.45) is 11.1 Å². The second-order valence-electron chi connectivity index (χ2n) is 6.95. The van der Waals surface area contributed by atoms with Crippen LogP contribution in [0.2, 0.25) is 0 Å². The first-order chi connectivity index (χ1) is 9.28. The maximum atomic E-state index is 12.5. The summed E-state index contributed by atoms with van der Waals surface area (Å²) < 4.78 is 0. The molecular weight excluding hydrogens is 274 g/mol. The molecule has 0 radical (unpaired) electrons. The highest BCUT2D eigenvalue weighted by molar-refractivity contribution is 7.99. The molecule has 0 spiro atoms. The number of rotatable bonds is 2. The number of carbonyl (C=O) groups excluding carboxylic acids is 2. The van der Waals surface area contributed by atoms with E-state index < -0.39 is 0 Å². The van der Waals surface area contributed by atoms with Crippen LogP contribution in [0.25, 0.3) is 0 Å². The van der Waals surface area contributed by atoms with Crippen LogP contribution in [0.1, 0.15) is 33.6 Å². The molecule has 0 aromatic rings. The number of amides is 2. The molecule has 6 heteroatoms. The van der Waals surface area contributed by atoms with Crippen LogP contribution < -0.4 is 5.73 Å². The van der Waals surface area contributed by atoms with E-state index in [1.165, 1.54) is 0 Å². The predicted molar refractivity (Wildman–Crippen MR) is 81.2 cm³/mol. The zero-order valence-corrected chi connectivity index (χ0v) is 13.4. The third kappa shape index (κ3) is 3.67. The molecule has 0 aromatic heterocycles. The lowest BCUT2D eigenvalue weighted by atomic mass is 9.91. The average molecular weight is 299 g/mol. The van der Waals surface area contributed by atoms with Crippen molar-refractivity contribution in [2.45, 2.75) is 45.7 Å². The van der Waals surface area contributed by atoms with Crippen molar-refractivity contribution in [3.8, 4) is 0 Å². The zero-order valence-electron chi connectivity index (χ0n) is 12.6. The van der Waals surface area contributed by atoms with Crippen LogP contribution in [0.5, 0.6) is 0 Å². The number of likely N-dealkylation sites (tertiary alicyclic amines) is 1. The summed E-state index contributed by atoms with van der Waals surface area (Å²) in [5.74, 6) is 1.50. The number of hydrogen-bond acceptors (Lipinski definition) is 4. The Morgan fingerprint density at radius 3 is 2.60 bits per heavy atom. The number of thioether (sulfide) groups is 1. The molecule has 2 saturated heterocycles. The summed E-state index contributed by atoms with van der Waals surface area (Å²) in [4.78, 5) is 28.5. The maximum absolute atomic E-state index is 12.5. The van der Waals surface area contributed by atoms with E-state index >= 15 is 0 Å². The third-order valence-electron chi connectivity index (χ3n) is 3.71. The first-order valence-corrected chi connectivity index (χ1v) is 8.35. The largest absolute Gasteiger partial charge is 0.339 e. The van der Waals surface area contributed by atoms with Gasteiger partial charge in [0.05, 0.1) is 5.88 Å². The van der Waals surface area contributed by atoms with Gasteiger partial charge in [-0.1, -0.05) is 20.8 Å². The second kappa shape index (κ2) is 5.93. The summed E-state index contributed by atoms with van der Waals surface area (Å²) >= 11 is 1.66. The Kier molecular flexibility index (Phi) is 4.64. The van der Waals surface area contributed by atoms with Crippen molar-refractivity contribution in [1.82, 2.24) is 9.80 Å². The highest BCUT2D eigenvalue weighted by Crippen LogP contribution is 2.28. The molecule has 2 aliphatic rings. The van der Waals surface area contributed by atoms with Crippen molar-refractivity contribution in [3.63, 3.8) is 0 Å². The van der Waals surface area contributed by atoms with E-state index in [2.05, 4.69) is 0 Å². The quantitative estimate of drug-likeness (QED) is 0.822. The van der Waals surface area contributed by atoms with Crippen molar-refractivity contribution in [2.75, 3.05) is 24.7 Å². The number of hydrogen-bond donors (Lipinski definition) is 1. The van der Waals surface area contributed by atoms with Gasteiger partial charge in [-0.25, -0.2) is 0 Å². The van der Waals surface area contributed by atoms with Crippen LogP contribution in [-0.4, -0.2) is 58.4 Å². The van der Waals surface area contributed by atoms with Crippen LogP contribution >= 0.6 is 11.8 Å². The minimum Gasteiger partial charge on any atom is -0.339 e. The van der Waals surface area contributed by atoms with Crippen LogP contribution in [0, 0.1) is 5.41 Å². The van der Waals surface area contributed by atoms with Crippen molar-refractivity contribution >= 4 is 23.6 Å². The Labute approximate surface area is 125 Å². The fourth-order valence-corrected chi connectivity index (χ4v) is 3.82. The van der Waals surface area contributed by atoms with E-state index in [9.17, 15) is 9.59 Å². The molecular formula is C14H25N3O2S. The number of nitrogens with two attached hydrogens (primary N) is 1. The minimum absolute atomic E-state index is 0.0477. The van der Waals surface area contributed by atoms with Crippen molar-refractivity contribution in [3.05, 3.63) is 0 Å². The summed E-state index contributed by atoms with van der Waals surface area (Å²) in [5, 5.41) is 0. The molecule has 5 nitrogen and oxygen atoms in total. The van der Waals surface area contributed by atoms with Gasteiger partial charge in [0.25, 0.3) is 0 Å². The summed E-state index contributed by atoms with van der Waals surface area (Å²) in [5.41, 5.74) is 5.81. The lowest BCUT2D eigenvalue weighted by molar-refractivity contribution is -0.143. The molecule has 0 aromatic carbocycles. The standard InChI is InChI=1S/C14H25N3O2S/c1-14(2,3)6-12(18)17-9-20-8-11(17)13(19)16-5-4-10(15)7-16/h10-11H,4-9,15H2,1-3H3/t10-,11?/m1/s1. The third-order valence-corrected chi connectivity index (χ3v) is 4.72. The predicted octanol–water partition coefficient (Wildman–Crippen LogP) is 0.884. The summed E-state index contributed by atoms with van der Waals surface area (Å²) in [6.07, 6.45) is 1.35. The van der Waals surface area contributed by atoms with Crippen LogP contribution in [0.15, 0.2) is 0 Å². The Morgan fingerprint density at radius 2 is 2.05 bits per heavy atom. The zero-order chi connectivity index (χ0) is 14.9. The molecule has 0 aliphatic carbocycles. The lowest BCUT2D eigenvalue weighted by Gasteiger charge is -2.29. The molecule has 2 heterocycles. The van der Waals surface area contributed by atoms with Gasteiger partial charge in [0, 0.05) is 31.3 Å². The Balaban J connectivity index is 2.00. The second-order valence-corrected chi connectivity index (χ2v) is 7.95. The Bertz CT molecular complexity index is 394. The Hall–Kier alpha value is -0.750. The van der Waals surface area contributed by atoms with Gasteiger partial charge in [0.2, 0.25) is 11.8 Å². The lowest BCUT2D eigenvalue weighted by Crippen LogP contribution is -2.49. The minimum atomic E-state index is -0.292. The van der Waals surface area contributed by atoms with Gasteiger partial charge in [-0.3, -0.25) is 9.59 Å². The van der Waals surface area contributed by atoms with Gasteiger partial charge < -0.3 is 15.5 Å². The SMILES string of the molecule is CC(C)(C)CC(=O)N1CSCC1C(=O)N1CC[C@@H](N)C1. The van der Waals surface area contributed by atoms with Crippen LogP contribution in [-0.2, 0) is 9.59 Å². The molecule has 1 unspecified atom stereocenters. The first kappa shape index (κ1) is 15.6. The molecule has 20 heavy (non-hydrogen) atoms. The van der Waals surface area contributed by atoms with Gasteiger partial charge in [-0.15, -0.1) is 11.8 Å². The van der Waals surface area contributed by atoms with E-state index in [1.54, 1.807) is 16.7 Å². The highest BCUT2D eigenvalue weighted by atomic mass is 32.2. The first-order valence-electron chi connectivity index (χ1n) is 7.19. The molecule has 2 aliphatic heterocycles. The molecule has 2 fully saturated rings. The monoisotopic (exact) mass is 299 g/mol. The molecule has 114 valence electrons.